The third-order valence-electron chi connectivity index (χ3n) is 7.40. The Hall–Kier alpha value is -3.96. The van der Waals surface area contributed by atoms with Gasteiger partial charge in [0.1, 0.15) is 6.04 Å². The number of hydrogen-bond acceptors (Lipinski definition) is 7. The molecule has 0 aromatic heterocycles. The fourth-order valence-electron chi connectivity index (χ4n) is 5.41. The first-order valence-electron chi connectivity index (χ1n) is 12.1. The van der Waals surface area contributed by atoms with Gasteiger partial charge >= 0.3 is 12.0 Å². The van der Waals surface area contributed by atoms with E-state index in [0.717, 1.165) is 4.90 Å². The Morgan fingerprint density at radius 3 is 2.33 bits per heavy atom. The van der Waals surface area contributed by atoms with E-state index in [4.69, 9.17) is 0 Å². The molecule has 2 atom stereocenters. The highest BCUT2D eigenvalue weighted by molar-refractivity contribution is 6.25. The first-order chi connectivity index (χ1) is 17.2. The number of carboxylic acids is 1. The minimum absolute atomic E-state index is 0.0431. The van der Waals surface area contributed by atoms with E-state index in [9.17, 15) is 33.9 Å². The van der Waals surface area contributed by atoms with Gasteiger partial charge in [-0.25, -0.2) is 4.79 Å². The van der Waals surface area contributed by atoms with E-state index < -0.39 is 41.6 Å². The summed E-state index contributed by atoms with van der Waals surface area (Å²) in [5, 5.41) is 14.7. The molecule has 0 bridgehead atoms. The molecule has 4 heterocycles. The van der Waals surface area contributed by atoms with E-state index in [1.807, 2.05) is 0 Å². The lowest BCUT2D eigenvalue weighted by atomic mass is 10.0. The van der Waals surface area contributed by atoms with Crippen molar-refractivity contribution in [1.82, 2.24) is 20.0 Å². The van der Waals surface area contributed by atoms with Crippen LogP contribution >= 0.6 is 0 Å². The van der Waals surface area contributed by atoms with E-state index in [0.29, 0.717) is 44.6 Å². The maximum atomic E-state index is 13.3. The van der Waals surface area contributed by atoms with Gasteiger partial charge in [-0.3, -0.25) is 34.2 Å². The largest absolute Gasteiger partial charge is 0.481 e. The van der Waals surface area contributed by atoms with Gasteiger partial charge < -0.3 is 20.2 Å². The van der Waals surface area contributed by atoms with Gasteiger partial charge in [0.25, 0.3) is 11.8 Å². The molecule has 0 aliphatic carbocycles. The van der Waals surface area contributed by atoms with Crippen LogP contribution in [0.4, 0.5) is 10.5 Å². The maximum Gasteiger partial charge on any atom is 0.320 e. The molecule has 1 aromatic rings. The van der Waals surface area contributed by atoms with Gasteiger partial charge in [-0.2, -0.15) is 0 Å². The van der Waals surface area contributed by atoms with Crippen LogP contribution in [0.5, 0.6) is 0 Å². The van der Waals surface area contributed by atoms with Crippen LogP contribution in [-0.4, -0.2) is 93.7 Å². The quantitative estimate of drug-likeness (QED) is 0.508. The van der Waals surface area contributed by atoms with Crippen molar-refractivity contribution in [3.8, 4) is 0 Å². The zero-order valence-corrected chi connectivity index (χ0v) is 19.6. The molecular weight excluding hydrogens is 470 g/mol. The number of imide groups is 2. The highest BCUT2D eigenvalue weighted by Gasteiger charge is 2.46. The highest BCUT2D eigenvalue weighted by Crippen LogP contribution is 2.33. The number of amides is 6. The van der Waals surface area contributed by atoms with Gasteiger partial charge in [0.15, 0.2) is 0 Å². The van der Waals surface area contributed by atoms with Crippen LogP contribution in [0.15, 0.2) is 18.2 Å². The molecule has 1 aromatic carbocycles. The van der Waals surface area contributed by atoms with E-state index in [1.54, 1.807) is 28.0 Å². The zero-order chi connectivity index (χ0) is 25.6. The molecule has 0 radical (unpaired) electrons. The predicted molar refractivity (Wildman–Crippen MR) is 124 cm³/mol. The van der Waals surface area contributed by atoms with Gasteiger partial charge in [0.05, 0.1) is 17.0 Å². The molecular formula is C24H27N5O7. The smallest absolute Gasteiger partial charge is 0.320 e. The SMILES string of the molecule is O=C1CCC(N2C(=O)c3cccc(NC4CCN(C(=O)N5CCC(C(=O)O)C5)CC4)c3C2=O)C(=O)N1. The van der Waals surface area contributed by atoms with Crippen LogP contribution in [0.1, 0.15) is 52.8 Å². The van der Waals surface area contributed by atoms with Crippen molar-refractivity contribution >= 4 is 41.3 Å². The topological polar surface area (TPSA) is 156 Å². The second-order valence-electron chi connectivity index (χ2n) is 9.63. The van der Waals surface area contributed by atoms with Crippen molar-refractivity contribution in [2.75, 3.05) is 31.5 Å². The van der Waals surface area contributed by atoms with Crippen LogP contribution in [0.2, 0.25) is 0 Å². The lowest BCUT2D eigenvalue weighted by Gasteiger charge is -2.35. The van der Waals surface area contributed by atoms with E-state index in [-0.39, 0.29) is 42.6 Å². The Bertz CT molecular complexity index is 1160. The van der Waals surface area contributed by atoms with E-state index >= 15 is 0 Å². The van der Waals surface area contributed by atoms with Crippen molar-refractivity contribution < 1.29 is 33.9 Å². The summed E-state index contributed by atoms with van der Waals surface area (Å²) >= 11 is 0. The number of urea groups is 1. The highest BCUT2D eigenvalue weighted by atomic mass is 16.4. The number of carbonyl (C=O) groups is 6. The summed E-state index contributed by atoms with van der Waals surface area (Å²) in [6.07, 6.45) is 1.84. The Balaban J connectivity index is 1.23. The van der Waals surface area contributed by atoms with Crippen molar-refractivity contribution in [2.45, 2.75) is 44.2 Å². The summed E-state index contributed by atoms with van der Waals surface area (Å²) in [5.41, 5.74) is 0.918. The minimum Gasteiger partial charge on any atom is -0.481 e. The number of carboxylic acid groups (broad SMARTS) is 1. The Morgan fingerprint density at radius 1 is 0.944 bits per heavy atom. The molecule has 2 unspecified atom stereocenters. The number of aliphatic carboxylic acids is 1. The van der Waals surface area contributed by atoms with Crippen molar-refractivity contribution in [2.24, 2.45) is 5.92 Å². The van der Waals surface area contributed by atoms with Crippen LogP contribution in [-0.2, 0) is 14.4 Å². The van der Waals surface area contributed by atoms with Crippen molar-refractivity contribution in [3.05, 3.63) is 29.3 Å². The number of carbonyl (C=O) groups excluding carboxylic acids is 5. The molecule has 3 fully saturated rings. The number of rotatable bonds is 4. The van der Waals surface area contributed by atoms with Gasteiger partial charge in [-0.05, 0) is 37.8 Å². The zero-order valence-electron chi connectivity index (χ0n) is 19.6. The summed E-state index contributed by atoms with van der Waals surface area (Å²) in [4.78, 5) is 78.3. The standard InChI is InChI=1S/C24H27N5O7/c30-18-5-4-17(20(31)26-18)29-21(32)15-2-1-3-16(19(15)22(29)33)25-14-7-10-27(11-8-14)24(36)28-9-6-13(12-28)23(34)35/h1-3,13-14,17,25H,4-12H2,(H,34,35)(H,26,30,31). The average Bonchev–Trinajstić information content (AvgIpc) is 3.44. The van der Waals surface area contributed by atoms with Gasteiger partial charge in [-0.1, -0.05) is 6.07 Å². The third kappa shape index (κ3) is 4.16. The molecule has 4 aliphatic rings. The molecule has 4 aliphatic heterocycles. The molecule has 12 heteroatoms. The number of nitrogens with one attached hydrogen (secondary N) is 2. The lowest BCUT2D eigenvalue weighted by Crippen LogP contribution is -2.54. The van der Waals surface area contributed by atoms with Gasteiger partial charge in [-0.15, -0.1) is 0 Å². The van der Waals surface area contributed by atoms with Crippen LogP contribution in [0.3, 0.4) is 0 Å². The Labute approximate surface area is 206 Å². The Morgan fingerprint density at radius 2 is 1.67 bits per heavy atom. The van der Waals surface area contributed by atoms with Crippen LogP contribution < -0.4 is 10.6 Å². The second kappa shape index (κ2) is 9.25. The fourth-order valence-corrected chi connectivity index (χ4v) is 5.41. The lowest BCUT2D eigenvalue weighted by molar-refractivity contribution is -0.141. The molecule has 5 rings (SSSR count). The molecule has 6 amide bonds. The number of likely N-dealkylation sites (tertiary alicyclic amines) is 2. The van der Waals surface area contributed by atoms with Crippen molar-refractivity contribution in [3.63, 3.8) is 0 Å². The van der Waals surface area contributed by atoms with Gasteiger partial charge in [0.2, 0.25) is 11.8 Å². The molecule has 0 saturated carbocycles. The summed E-state index contributed by atoms with van der Waals surface area (Å²) in [6, 6.07) is 3.71. The maximum absolute atomic E-state index is 13.3. The summed E-state index contributed by atoms with van der Waals surface area (Å²) in [7, 11) is 0. The molecule has 3 saturated heterocycles. The molecule has 0 spiro atoms. The average molecular weight is 498 g/mol. The van der Waals surface area contributed by atoms with Crippen LogP contribution in [0, 0.1) is 5.92 Å². The van der Waals surface area contributed by atoms with E-state index in [1.165, 1.54) is 0 Å². The number of fused-ring (bicyclic) bond motifs is 1. The van der Waals surface area contributed by atoms with Crippen molar-refractivity contribution in [1.29, 1.82) is 0 Å². The number of anilines is 1. The summed E-state index contributed by atoms with van der Waals surface area (Å²) in [6.45, 7) is 1.62. The Kier molecular flexibility index (Phi) is 6.10. The summed E-state index contributed by atoms with van der Waals surface area (Å²) in [5.74, 6) is -3.60. The second-order valence-corrected chi connectivity index (χ2v) is 9.63. The van der Waals surface area contributed by atoms with E-state index in [2.05, 4.69) is 10.6 Å². The fraction of sp³-hybridized carbons (Fsp3) is 0.500. The molecule has 190 valence electrons. The third-order valence-corrected chi connectivity index (χ3v) is 7.40. The summed E-state index contributed by atoms with van der Waals surface area (Å²) < 4.78 is 0. The van der Waals surface area contributed by atoms with Crippen LogP contribution in [0.25, 0.3) is 0 Å². The number of piperidine rings is 2. The molecule has 12 nitrogen and oxygen atoms in total. The minimum atomic E-state index is -1.02. The predicted octanol–water partition coefficient (Wildman–Crippen LogP) is 0.491. The number of nitrogens with zero attached hydrogens (tertiary/aromatic N) is 3. The normalized spacial score (nSPS) is 24.7. The van der Waals surface area contributed by atoms with Gasteiger partial charge in [0, 0.05) is 44.3 Å². The molecule has 3 N–H and O–H groups in total. The molecule has 36 heavy (non-hydrogen) atoms. The first kappa shape index (κ1) is 23.8. The number of benzene rings is 1. The first-order valence-corrected chi connectivity index (χ1v) is 12.1. The number of hydrogen-bond donors (Lipinski definition) is 3. The monoisotopic (exact) mass is 497 g/mol.